The van der Waals surface area contributed by atoms with Gasteiger partial charge in [0.1, 0.15) is 0 Å². The lowest BCUT2D eigenvalue weighted by Crippen LogP contribution is -2.48. The Labute approximate surface area is 97.6 Å². The third-order valence-electron chi connectivity index (χ3n) is 3.71. The zero-order chi connectivity index (χ0) is 11.4. The summed E-state index contributed by atoms with van der Waals surface area (Å²) in [7, 11) is 0. The highest BCUT2D eigenvalue weighted by atomic mass is 16.3. The second-order valence-electron chi connectivity index (χ2n) is 5.25. The molecule has 1 saturated carbocycles. The number of piperidine rings is 1. The molecule has 1 saturated heterocycles. The molecule has 4 heteroatoms. The van der Waals surface area contributed by atoms with E-state index in [0.717, 1.165) is 31.8 Å². The van der Waals surface area contributed by atoms with Gasteiger partial charge in [-0.25, -0.2) is 0 Å². The van der Waals surface area contributed by atoms with Crippen LogP contribution < -0.4 is 5.32 Å². The Bertz CT molecular complexity index is 197. The first kappa shape index (κ1) is 12.3. The van der Waals surface area contributed by atoms with Gasteiger partial charge in [0, 0.05) is 12.6 Å². The Balaban J connectivity index is 1.63. The monoisotopic (exact) mass is 228 g/mol. The molecule has 2 rings (SSSR count). The molecule has 2 aliphatic rings. The van der Waals surface area contributed by atoms with E-state index in [-0.39, 0.29) is 19.3 Å². The average molecular weight is 228 g/mol. The summed E-state index contributed by atoms with van der Waals surface area (Å²) in [5.41, 5.74) is 0. The van der Waals surface area contributed by atoms with Crippen LogP contribution in [-0.4, -0.2) is 60.0 Å². The van der Waals surface area contributed by atoms with Crippen molar-refractivity contribution in [2.75, 3.05) is 32.8 Å². The molecule has 4 nitrogen and oxygen atoms in total. The predicted molar refractivity (Wildman–Crippen MR) is 63.3 cm³/mol. The van der Waals surface area contributed by atoms with Crippen molar-refractivity contribution in [1.29, 1.82) is 0 Å². The van der Waals surface area contributed by atoms with E-state index < -0.39 is 0 Å². The second-order valence-corrected chi connectivity index (χ2v) is 5.25. The predicted octanol–water partition coefficient (Wildman–Crippen LogP) is -0.196. The quantitative estimate of drug-likeness (QED) is 0.589. The van der Waals surface area contributed by atoms with E-state index in [1.54, 1.807) is 0 Å². The summed E-state index contributed by atoms with van der Waals surface area (Å²) in [6.45, 7) is 3.67. The zero-order valence-corrected chi connectivity index (χ0v) is 9.94. The molecule has 0 spiro atoms. The molecule has 1 aliphatic heterocycles. The molecule has 0 amide bonds. The number of likely N-dealkylation sites (tertiary alicyclic amines) is 1. The van der Waals surface area contributed by atoms with Crippen molar-refractivity contribution >= 4 is 0 Å². The summed E-state index contributed by atoms with van der Waals surface area (Å²) in [6.07, 6.45) is 5.14. The molecule has 3 N–H and O–H groups in total. The Hall–Kier alpha value is -0.160. The van der Waals surface area contributed by atoms with Gasteiger partial charge in [-0.1, -0.05) is 0 Å². The third-order valence-corrected chi connectivity index (χ3v) is 3.71. The van der Waals surface area contributed by atoms with E-state index >= 15 is 0 Å². The second kappa shape index (κ2) is 5.96. The van der Waals surface area contributed by atoms with Gasteiger partial charge in [0.15, 0.2) is 0 Å². The molecule has 0 bridgehead atoms. The molecule has 0 radical (unpaired) electrons. The van der Waals surface area contributed by atoms with E-state index in [1.807, 2.05) is 0 Å². The van der Waals surface area contributed by atoms with Crippen molar-refractivity contribution in [2.45, 2.75) is 37.8 Å². The van der Waals surface area contributed by atoms with Gasteiger partial charge in [-0.05, 0) is 44.7 Å². The number of aliphatic hydroxyl groups excluding tert-OH is 2. The SMILES string of the molecule is OCC(CO)NC1CCN(CC2CC2)CC1. The van der Waals surface area contributed by atoms with E-state index in [1.165, 1.54) is 19.4 Å². The van der Waals surface area contributed by atoms with Gasteiger partial charge in [0.05, 0.1) is 19.3 Å². The summed E-state index contributed by atoms with van der Waals surface area (Å²) in [5.74, 6) is 0.979. The van der Waals surface area contributed by atoms with Gasteiger partial charge in [-0.2, -0.15) is 0 Å². The van der Waals surface area contributed by atoms with Gasteiger partial charge in [0.25, 0.3) is 0 Å². The average Bonchev–Trinajstić information content (AvgIpc) is 3.12. The van der Waals surface area contributed by atoms with Crippen LogP contribution in [0, 0.1) is 5.92 Å². The van der Waals surface area contributed by atoms with Crippen LogP contribution in [0.25, 0.3) is 0 Å². The molecular weight excluding hydrogens is 204 g/mol. The number of rotatable bonds is 6. The topological polar surface area (TPSA) is 55.7 Å². The Morgan fingerprint density at radius 1 is 1.06 bits per heavy atom. The smallest absolute Gasteiger partial charge is 0.0607 e. The van der Waals surface area contributed by atoms with Crippen molar-refractivity contribution in [3.63, 3.8) is 0 Å². The van der Waals surface area contributed by atoms with Crippen molar-refractivity contribution < 1.29 is 10.2 Å². The van der Waals surface area contributed by atoms with Crippen molar-refractivity contribution in [1.82, 2.24) is 10.2 Å². The fourth-order valence-electron chi connectivity index (χ4n) is 2.44. The Morgan fingerprint density at radius 2 is 1.69 bits per heavy atom. The minimum atomic E-state index is -0.139. The fraction of sp³-hybridized carbons (Fsp3) is 1.00. The number of aliphatic hydroxyl groups is 2. The first-order valence-corrected chi connectivity index (χ1v) is 6.52. The van der Waals surface area contributed by atoms with Gasteiger partial charge in [0.2, 0.25) is 0 Å². The standard InChI is InChI=1S/C12H24N2O2/c15-8-12(9-16)13-11-3-5-14(6-4-11)7-10-1-2-10/h10-13,15-16H,1-9H2. The number of nitrogens with zero attached hydrogens (tertiary/aromatic N) is 1. The molecule has 1 heterocycles. The molecule has 94 valence electrons. The Morgan fingerprint density at radius 3 is 2.19 bits per heavy atom. The number of hydrogen-bond acceptors (Lipinski definition) is 4. The van der Waals surface area contributed by atoms with Crippen LogP contribution >= 0.6 is 0 Å². The Kier molecular flexibility index (Phi) is 4.58. The van der Waals surface area contributed by atoms with Crippen LogP contribution in [0.15, 0.2) is 0 Å². The summed E-state index contributed by atoms with van der Waals surface area (Å²) >= 11 is 0. The highest BCUT2D eigenvalue weighted by molar-refractivity contribution is 4.83. The molecule has 0 aromatic heterocycles. The maximum absolute atomic E-state index is 9.00. The van der Waals surface area contributed by atoms with Crippen LogP contribution in [0.3, 0.4) is 0 Å². The van der Waals surface area contributed by atoms with Crippen molar-refractivity contribution in [3.05, 3.63) is 0 Å². The van der Waals surface area contributed by atoms with E-state index in [2.05, 4.69) is 10.2 Å². The van der Waals surface area contributed by atoms with Crippen LogP contribution in [0.2, 0.25) is 0 Å². The highest BCUT2D eigenvalue weighted by Crippen LogP contribution is 2.30. The lowest BCUT2D eigenvalue weighted by Gasteiger charge is -2.34. The van der Waals surface area contributed by atoms with Crippen molar-refractivity contribution in [3.8, 4) is 0 Å². The normalized spacial score (nSPS) is 24.2. The molecular formula is C12H24N2O2. The summed E-state index contributed by atoms with van der Waals surface area (Å²) in [4.78, 5) is 2.56. The molecule has 1 aliphatic carbocycles. The van der Waals surface area contributed by atoms with Crippen LogP contribution in [-0.2, 0) is 0 Å². The lowest BCUT2D eigenvalue weighted by molar-refractivity contribution is 0.135. The number of hydrogen-bond donors (Lipinski definition) is 3. The summed E-state index contributed by atoms with van der Waals surface area (Å²) in [6, 6.07) is 0.333. The molecule has 0 aromatic carbocycles. The van der Waals surface area contributed by atoms with E-state index in [9.17, 15) is 0 Å². The minimum Gasteiger partial charge on any atom is -0.395 e. The molecule has 2 fully saturated rings. The van der Waals surface area contributed by atoms with E-state index in [0.29, 0.717) is 6.04 Å². The number of nitrogens with one attached hydrogen (secondary N) is 1. The van der Waals surface area contributed by atoms with Crippen LogP contribution in [0.1, 0.15) is 25.7 Å². The molecule has 0 aromatic rings. The maximum atomic E-state index is 9.00. The maximum Gasteiger partial charge on any atom is 0.0607 e. The van der Waals surface area contributed by atoms with Crippen molar-refractivity contribution in [2.24, 2.45) is 5.92 Å². The summed E-state index contributed by atoms with van der Waals surface area (Å²) in [5, 5.41) is 21.3. The first-order chi connectivity index (χ1) is 7.81. The zero-order valence-electron chi connectivity index (χ0n) is 9.94. The van der Waals surface area contributed by atoms with Crippen LogP contribution in [0.4, 0.5) is 0 Å². The fourth-order valence-corrected chi connectivity index (χ4v) is 2.44. The third kappa shape index (κ3) is 3.70. The van der Waals surface area contributed by atoms with Gasteiger partial charge in [-0.3, -0.25) is 0 Å². The largest absolute Gasteiger partial charge is 0.395 e. The van der Waals surface area contributed by atoms with Gasteiger partial charge < -0.3 is 20.4 Å². The molecule has 0 unspecified atom stereocenters. The van der Waals surface area contributed by atoms with Gasteiger partial charge >= 0.3 is 0 Å². The van der Waals surface area contributed by atoms with Crippen LogP contribution in [0.5, 0.6) is 0 Å². The highest BCUT2D eigenvalue weighted by Gasteiger charge is 2.27. The molecule has 16 heavy (non-hydrogen) atoms. The summed E-state index contributed by atoms with van der Waals surface area (Å²) < 4.78 is 0. The molecule has 0 atom stereocenters. The van der Waals surface area contributed by atoms with E-state index in [4.69, 9.17) is 10.2 Å². The van der Waals surface area contributed by atoms with Gasteiger partial charge in [-0.15, -0.1) is 0 Å². The first-order valence-electron chi connectivity index (χ1n) is 6.52. The minimum absolute atomic E-state index is 0.0266. The lowest BCUT2D eigenvalue weighted by atomic mass is 10.0.